The molecule has 0 fully saturated rings. The van der Waals surface area contributed by atoms with Crippen LogP contribution in [0.1, 0.15) is 16.1 Å². The second-order valence-electron chi connectivity index (χ2n) is 6.38. The summed E-state index contributed by atoms with van der Waals surface area (Å²) in [7, 11) is 1.68. The van der Waals surface area contributed by atoms with Crippen molar-refractivity contribution >= 4 is 22.7 Å². The fourth-order valence-corrected chi connectivity index (χ4v) is 3.43. The number of carbonyl (C=O) groups is 2. The molecule has 1 unspecified atom stereocenters. The van der Waals surface area contributed by atoms with Gasteiger partial charge in [0.15, 0.2) is 0 Å². The monoisotopic (exact) mass is 336 g/mol. The summed E-state index contributed by atoms with van der Waals surface area (Å²) >= 11 is 0. The van der Waals surface area contributed by atoms with Gasteiger partial charge in [0.25, 0.3) is 5.91 Å². The van der Waals surface area contributed by atoms with E-state index in [4.69, 9.17) is 0 Å². The molecule has 0 saturated carbocycles. The molecule has 2 N–H and O–H groups in total. The Labute approximate surface area is 145 Å². The van der Waals surface area contributed by atoms with Crippen LogP contribution in [0.2, 0.25) is 0 Å². The van der Waals surface area contributed by atoms with Crippen LogP contribution in [0.25, 0.3) is 10.9 Å². The minimum Gasteiger partial charge on any atom is -0.361 e. The van der Waals surface area contributed by atoms with Gasteiger partial charge < -0.3 is 19.8 Å². The molecule has 0 bridgehead atoms. The number of likely N-dealkylation sites (N-methyl/N-ethyl adjacent to an activating group) is 1. The van der Waals surface area contributed by atoms with E-state index >= 15 is 0 Å². The van der Waals surface area contributed by atoms with E-state index in [2.05, 4.69) is 16.4 Å². The Bertz CT molecular complexity index is 940. The summed E-state index contributed by atoms with van der Waals surface area (Å²) in [4.78, 5) is 29.6. The first-order valence-corrected chi connectivity index (χ1v) is 8.40. The highest BCUT2D eigenvalue weighted by Gasteiger charge is 2.33. The smallest absolute Gasteiger partial charge is 0.270 e. The molecular formula is C19H20N4O2. The lowest BCUT2D eigenvalue weighted by atomic mass is 10.1. The zero-order chi connectivity index (χ0) is 17.4. The lowest BCUT2D eigenvalue weighted by Gasteiger charge is -2.32. The highest BCUT2D eigenvalue weighted by atomic mass is 16.2. The van der Waals surface area contributed by atoms with Gasteiger partial charge in [0.2, 0.25) is 5.91 Å². The number of H-pyrrole nitrogens is 1. The first-order chi connectivity index (χ1) is 12.1. The van der Waals surface area contributed by atoms with Crippen LogP contribution in [0.15, 0.2) is 48.8 Å². The number of nitrogens with zero attached hydrogens (tertiary/aromatic N) is 2. The second kappa shape index (κ2) is 6.12. The molecule has 1 aliphatic heterocycles. The van der Waals surface area contributed by atoms with Crippen molar-refractivity contribution in [2.75, 3.05) is 13.6 Å². The molecule has 3 heterocycles. The van der Waals surface area contributed by atoms with Crippen molar-refractivity contribution in [3.8, 4) is 0 Å². The molecule has 0 spiro atoms. The number of fused-ring (bicyclic) bond motifs is 2. The Balaban J connectivity index is 1.40. The van der Waals surface area contributed by atoms with Gasteiger partial charge >= 0.3 is 0 Å². The van der Waals surface area contributed by atoms with Crippen LogP contribution in [0, 0.1) is 0 Å². The van der Waals surface area contributed by atoms with Crippen molar-refractivity contribution in [3.63, 3.8) is 0 Å². The number of nitrogens with one attached hydrogen (secondary N) is 2. The molecule has 0 aliphatic carbocycles. The number of hydrogen-bond donors (Lipinski definition) is 2. The predicted octanol–water partition coefficient (Wildman–Crippen LogP) is 1.78. The van der Waals surface area contributed by atoms with E-state index in [-0.39, 0.29) is 11.8 Å². The van der Waals surface area contributed by atoms with Crippen LogP contribution in [-0.2, 0) is 17.8 Å². The normalized spacial score (nSPS) is 16.9. The summed E-state index contributed by atoms with van der Waals surface area (Å²) in [5.74, 6) is -0.233. The maximum absolute atomic E-state index is 12.6. The van der Waals surface area contributed by atoms with Gasteiger partial charge in [0.1, 0.15) is 11.7 Å². The SMILES string of the molecule is CN1C(=O)c2cccn2CC1C(=O)NCCc1c[nH]c2ccccc12. The zero-order valence-corrected chi connectivity index (χ0v) is 14.0. The molecule has 2 aromatic heterocycles. The van der Waals surface area contributed by atoms with E-state index in [0.29, 0.717) is 18.8 Å². The molecule has 2 amide bonds. The third-order valence-electron chi connectivity index (χ3n) is 4.88. The fourth-order valence-electron chi connectivity index (χ4n) is 3.43. The number of carbonyl (C=O) groups excluding carboxylic acids is 2. The van der Waals surface area contributed by atoms with Crippen molar-refractivity contribution in [2.24, 2.45) is 0 Å². The quantitative estimate of drug-likeness (QED) is 0.762. The molecule has 1 atom stereocenters. The molecule has 0 radical (unpaired) electrons. The molecule has 1 aromatic carbocycles. The van der Waals surface area contributed by atoms with Crippen molar-refractivity contribution in [1.82, 2.24) is 19.8 Å². The van der Waals surface area contributed by atoms with E-state index in [0.717, 1.165) is 11.9 Å². The van der Waals surface area contributed by atoms with Crippen molar-refractivity contribution in [3.05, 3.63) is 60.0 Å². The van der Waals surface area contributed by atoms with Gasteiger partial charge in [0, 0.05) is 36.9 Å². The number of rotatable bonds is 4. The van der Waals surface area contributed by atoms with E-state index in [1.807, 2.05) is 41.2 Å². The largest absolute Gasteiger partial charge is 0.361 e. The highest BCUT2D eigenvalue weighted by molar-refractivity contribution is 5.97. The maximum atomic E-state index is 12.6. The summed E-state index contributed by atoms with van der Waals surface area (Å²) in [6.07, 6.45) is 4.57. The van der Waals surface area contributed by atoms with Crippen molar-refractivity contribution < 1.29 is 9.59 Å². The maximum Gasteiger partial charge on any atom is 0.270 e. The highest BCUT2D eigenvalue weighted by Crippen LogP contribution is 2.19. The zero-order valence-electron chi connectivity index (χ0n) is 14.0. The third kappa shape index (κ3) is 2.69. The molecule has 3 aromatic rings. The molecule has 0 saturated heterocycles. The standard InChI is InChI=1S/C19H20N4O2/c1-22-17(12-23-10-4-7-16(23)19(22)25)18(24)20-9-8-13-11-21-15-6-3-2-5-14(13)15/h2-7,10-11,17,21H,8-9,12H2,1H3,(H,20,24). The van der Waals surface area contributed by atoms with Crippen LogP contribution in [-0.4, -0.2) is 45.9 Å². The summed E-state index contributed by atoms with van der Waals surface area (Å²) < 4.78 is 1.84. The molecule has 6 nitrogen and oxygen atoms in total. The molecule has 25 heavy (non-hydrogen) atoms. The Morgan fingerprint density at radius 1 is 1.28 bits per heavy atom. The van der Waals surface area contributed by atoms with Crippen LogP contribution in [0.5, 0.6) is 0 Å². The Hall–Kier alpha value is -3.02. The summed E-state index contributed by atoms with van der Waals surface area (Å²) in [5.41, 5.74) is 2.91. The van der Waals surface area contributed by atoms with Crippen LogP contribution in [0.3, 0.4) is 0 Å². The molecular weight excluding hydrogens is 316 g/mol. The number of aromatic nitrogens is 2. The predicted molar refractivity (Wildman–Crippen MR) is 95.3 cm³/mol. The Morgan fingerprint density at radius 2 is 2.12 bits per heavy atom. The number of amides is 2. The first kappa shape index (κ1) is 15.5. The number of para-hydroxylation sites is 1. The van der Waals surface area contributed by atoms with Gasteiger partial charge in [-0.2, -0.15) is 0 Å². The van der Waals surface area contributed by atoms with Gasteiger partial charge in [-0.3, -0.25) is 9.59 Å². The van der Waals surface area contributed by atoms with E-state index in [9.17, 15) is 9.59 Å². The second-order valence-corrected chi connectivity index (χ2v) is 6.38. The van der Waals surface area contributed by atoms with Crippen LogP contribution >= 0.6 is 0 Å². The summed E-state index contributed by atoms with van der Waals surface area (Å²) in [5, 5.41) is 4.15. The lowest BCUT2D eigenvalue weighted by Crippen LogP contribution is -2.53. The minimum absolute atomic E-state index is 0.116. The van der Waals surface area contributed by atoms with Gasteiger partial charge in [0.05, 0.1) is 6.54 Å². The van der Waals surface area contributed by atoms with Crippen molar-refractivity contribution in [1.29, 1.82) is 0 Å². The molecule has 4 rings (SSSR count). The average Bonchev–Trinajstić information content (AvgIpc) is 3.25. The fraction of sp³-hybridized carbons (Fsp3) is 0.263. The lowest BCUT2D eigenvalue weighted by molar-refractivity contribution is -0.126. The first-order valence-electron chi connectivity index (χ1n) is 8.40. The topological polar surface area (TPSA) is 70.1 Å². The summed E-state index contributed by atoms with van der Waals surface area (Å²) in [6.45, 7) is 1.03. The third-order valence-corrected chi connectivity index (χ3v) is 4.88. The molecule has 128 valence electrons. The van der Waals surface area contributed by atoms with Crippen LogP contribution < -0.4 is 5.32 Å². The summed E-state index contributed by atoms with van der Waals surface area (Å²) in [6, 6.07) is 11.3. The Kier molecular flexibility index (Phi) is 3.80. The van der Waals surface area contributed by atoms with Gasteiger partial charge in [-0.25, -0.2) is 0 Å². The molecule has 6 heteroatoms. The van der Waals surface area contributed by atoms with Crippen molar-refractivity contribution in [2.45, 2.75) is 19.0 Å². The number of aromatic amines is 1. The van der Waals surface area contributed by atoms with E-state index < -0.39 is 6.04 Å². The van der Waals surface area contributed by atoms with Gasteiger partial charge in [-0.1, -0.05) is 18.2 Å². The Morgan fingerprint density at radius 3 is 3.00 bits per heavy atom. The average molecular weight is 336 g/mol. The van der Waals surface area contributed by atoms with Gasteiger partial charge in [-0.05, 0) is 30.2 Å². The van der Waals surface area contributed by atoms with Crippen LogP contribution in [0.4, 0.5) is 0 Å². The van der Waals surface area contributed by atoms with Gasteiger partial charge in [-0.15, -0.1) is 0 Å². The molecule has 1 aliphatic rings. The minimum atomic E-state index is -0.477. The number of hydrogen-bond acceptors (Lipinski definition) is 2. The number of benzene rings is 1. The van der Waals surface area contributed by atoms with E-state index in [1.165, 1.54) is 15.8 Å². The van der Waals surface area contributed by atoms with E-state index in [1.54, 1.807) is 13.1 Å².